The third-order valence-electron chi connectivity index (χ3n) is 10.3. The Morgan fingerprint density at radius 2 is 1.95 bits per heavy atom. The number of likely N-dealkylation sites (tertiary alicyclic amines) is 1. The largest absolute Gasteiger partial charge is 0.400 e. The number of nitrogens with zero attached hydrogens (tertiary/aromatic N) is 5. The summed E-state index contributed by atoms with van der Waals surface area (Å²) in [4.78, 5) is 22.1. The Labute approximate surface area is 338 Å². The number of rotatable bonds is 13. The van der Waals surface area contributed by atoms with Crippen LogP contribution in [-0.2, 0) is 29.0 Å². The van der Waals surface area contributed by atoms with E-state index in [2.05, 4.69) is 81.9 Å². The summed E-state index contributed by atoms with van der Waals surface area (Å²) in [5, 5.41) is 18.3. The van der Waals surface area contributed by atoms with E-state index in [9.17, 15) is 9.18 Å². The fourth-order valence-electron chi connectivity index (χ4n) is 7.09. The van der Waals surface area contributed by atoms with Gasteiger partial charge in [0.05, 0.1) is 36.2 Å². The molecule has 0 saturated carbocycles. The molecule has 56 heavy (non-hydrogen) atoms. The van der Waals surface area contributed by atoms with Crippen molar-refractivity contribution < 1.29 is 19.0 Å². The monoisotopic (exact) mass is 801 g/mol. The van der Waals surface area contributed by atoms with E-state index >= 15 is 0 Å². The number of anilines is 1. The van der Waals surface area contributed by atoms with Crippen molar-refractivity contribution in [1.82, 2.24) is 24.6 Å². The lowest BCUT2D eigenvalue weighted by molar-refractivity contribution is -0.105. The van der Waals surface area contributed by atoms with Gasteiger partial charge in [-0.05, 0) is 118 Å². The van der Waals surface area contributed by atoms with Gasteiger partial charge in [-0.25, -0.2) is 9.37 Å². The summed E-state index contributed by atoms with van der Waals surface area (Å²) in [6, 6.07) is 17.0. The molecule has 2 fully saturated rings. The molecule has 2 aromatic heterocycles. The minimum Gasteiger partial charge on any atom is -0.400 e. The number of H-pyrrole nitrogens is 1. The van der Waals surface area contributed by atoms with Crippen LogP contribution < -0.4 is 5.32 Å². The van der Waals surface area contributed by atoms with Crippen LogP contribution in [0.5, 0.6) is 0 Å². The zero-order valence-corrected chi connectivity index (χ0v) is 34.5. The Kier molecular flexibility index (Phi) is 15.4. The van der Waals surface area contributed by atoms with Crippen LogP contribution in [0.2, 0.25) is 5.02 Å². The Morgan fingerprint density at radius 3 is 2.59 bits per heavy atom. The lowest BCUT2D eigenvalue weighted by Gasteiger charge is -2.41. The molecule has 0 aliphatic carbocycles. The third kappa shape index (κ3) is 10.5. The summed E-state index contributed by atoms with van der Waals surface area (Å²) in [6.07, 6.45) is 12.3. The summed E-state index contributed by atoms with van der Waals surface area (Å²) < 4.78 is 22.4. The molecule has 0 spiro atoms. The molecule has 0 radical (unpaired) electrons. The molecule has 2 aliphatic heterocycles. The second-order valence-electron chi connectivity index (χ2n) is 14.3. The van der Waals surface area contributed by atoms with E-state index in [1.54, 1.807) is 23.9 Å². The molecule has 1 amide bonds. The lowest BCUT2D eigenvalue weighted by Crippen LogP contribution is -2.44. The molecule has 5 aromatic rings. The van der Waals surface area contributed by atoms with Crippen molar-refractivity contribution in [3.63, 3.8) is 0 Å². The zero-order valence-electron chi connectivity index (χ0n) is 32.9. The average molecular weight is 802 g/mol. The van der Waals surface area contributed by atoms with Crippen LogP contribution in [0.25, 0.3) is 21.9 Å². The first-order valence-corrected chi connectivity index (χ1v) is 20.5. The molecule has 0 bridgehead atoms. The van der Waals surface area contributed by atoms with Gasteiger partial charge in [-0.2, -0.15) is 5.10 Å². The molecule has 10 nitrogen and oxygen atoms in total. The van der Waals surface area contributed by atoms with Gasteiger partial charge in [-0.15, -0.1) is 11.8 Å². The topological polar surface area (TPSA) is 121 Å². The first kappa shape index (κ1) is 42.8. The van der Waals surface area contributed by atoms with E-state index in [0.29, 0.717) is 35.3 Å². The van der Waals surface area contributed by atoms with Gasteiger partial charge in [-0.1, -0.05) is 49.7 Å². The normalized spacial score (nSPS) is 17.7. The quantitative estimate of drug-likeness (QED) is 0.0618. The maximum atomic E-state index is 14.0. The highest BCUT2D eigenvalue weighted by Crippen LogP contribution is 2.39. The van der Waals surface area contributed by atoms with Gasteiger partial charge in [0, 0.05) is 46.9 Å². The van der Waals surface area contributed by atoms with E-state index < -0.39 is 0 Å². The summed E-state index contributed by atoms with van der Waals surface area (Å²) in [5.41, 5.74) is 7.90. The molecule has 3 N–H and O–H groups in total. The van der Waals surface area contributed by atoms with Crippen molar-refractivity contribution >= 4 is 64.1 Å². The first-order chi connectivity index (χ1) is 27.1. The number of benzene rings is 3. The SMILES string of the molecule is C=N/C(=C\C=C/Cc1ccc(Cl)cc1F)C1CCN(Cc2nc3cc(C)ccc3n2CC2(SC)CCO2)CC1.CC(C)c1[nH]nc2ccc(NC=O)cc12.CO. The smallest absolute Gasteiger partial charge is 0.211 e. The number of carbonyl (C=O) groups is 1. The predicted molar refractivity (Wildman–Crippen MR) is 229 cm³/mol. The first-order valence-electron chi connectivity index (χ1n) is 18.9. The molecule has 1 atom stereocenters. The minimum absolute atomic E-state index is 0.150. The van der Waals surface area contributed by atoms with Gasteiger partial charge in [0.1, 0.15) is 16.6 Å². The Balaban J connectivity index is 0.000000294. The minimum atomic E-state index is -0.280. The Morgan fingerprint density at radius 1 is 1.18 bits per heavy atom. The Hall–Kier alpha value is -4.33. The van der Waals surface area contributed by atoms with Crippen LogP contribution in [0.1, 0.15) is 61.7 Å². The number of aliphatic hydroxyl groups is 1. The second-order valence-corrected chi connectivity index (χ2v) is 15.9. The standard InChI is InChI=1S/C31H36ClFN4OS.C11H13N3O.CH4O/c1-22-8-11-29-28(18-22)35-30(37(29)21-31(39-3)14-17-38-31)20-36-15-12-24(13-16-36)27(34-2)7-5-4-6-23-9-10-25(32)19-26(23)33;1-7(2)11-9-5-8(12-6-15)3-4-10(9)13-14-11;1-2/h4-5,7-11,18-19,24H,2,6,12-17,20-21H2,1,3H3;3-7H,1-2H3,(H,12,15)(H,13,14);2H,1H3/b5-4-,27-7-;;. The molecule has 2 aliphatic rings. The molecular weight excluding hydrogens is 749 g/mol. The van der Waals surface area contributed by atoms with E-state index in [4.69, 9.17) is 26.4 Å². The maximum absolute atomic E-state index is 14.0. The number of hydrogen-bond donors (Lipinski definition) is 3. The van der Waals surface area contributed by atoms with Crippen LogP contribution in [-0.4, -0.2) is 80.9 Å². The number of hydrogen-bond acceptors (Lipinski definition) is 8. The summed E-state index contributed by atoms with van der Waals surface area (Å²) >= 11 is 7.65. The molecule has 3 aromatic carbocycles. The number of aromatic amines is 1. The van der Waals surface area contributed by atoms with Crippen molar-refractivity contribution in [2.24, 2.45) is 10.9 Å². The van der Waals surface area contributed by atoms with Crippen LogP contribution in [0.15, 0.2) is 83.5 Å². The van der Waals surface area contributed by atoms with Crippen molar-refractivity contribution in [2.75, 3.05) is 38.4 Å². The van der Waals surface area contributed by atoms with Gasteiger partial charge >= 0.3 is 0 Å². The highest BCUT2D eigenvalue weighted by atomic mass is 35.5. The van der Waals surface area contributed by atoms with Crippen LogP contribution in [0, 0.1) is 18.7 Å². The van der Waals surface area contributed by atoms with E-state index in [1.807, 2.05) is 36.4 Å². The second kappa shape index (κ2) is 20.2. The Bertz CT molecular complexity index is 2150. The molecule has 2 saturated heterocycles. The summed E-state index contributed by atoms with van der Waals surface area (Å²) in [5.74, 6) is 1.58. The number of ether oxygens (including phenoxy) is 1. The van der Waals surface area contributed by atoms with Gasteiger partial charge < -0.3 is 19.7 Å². The number of imidazole rings is 1. The number of fused-ring (bicyclic) bond motifs is 2. The number of allylic oxidation sites excluding steroid dienone is 4. The summed E-state index contributed by atoms with van der Waals surface area (Å²) in [7, 11) is 1.00. The number of aryl methyl sites for hydroxylation is 1. The van der Waals surface area contributed by atoms with Crippen molar-refractivity contribution in [2.45, 2.75) is 70.4 Å². The van der Waals surface area contributed by atoms with Crippen LogP contribution in [0.4, 0.5) is 10.1 Å². The number of carbonyl (C=O) groups excluding carboxylic acids is 1. The number of aliphatic hydroxyl groups excluding tert-OH is 1. The molecule has 7 rings (SSSR count). The van der Waals surface area contributed by atoms with E-state index in [-0.39, 0.29) is 10.8 Å². The number of piperidine rings is 1. The molecule has 1 unspecified atom stereocenters. The predicted octanol–water partition coefficient (Wildman–Crippen LogP) is 9.08. The van der Waals surface area contributed by atoms with Crippen LogP contribution in [0.3, 0.4) is 0 Å². The fourth-order valence-corrected chi connectivity index (χ4v) is 7.99. The van der Waals surface area contributed by atoms with Crippen molar-refractivity contribution in [3.05, 3.63) is 112 Å². The van der Waals surface area contributed by atoms with Crippen molar-refractivity contribution in [3.8, 4) is 0 Å². The van der Waals surface area contributed by atoms with E-state index in [0.717, 1.165) is 98.5 Å². The number of thioether (sulfide) groups is 1. The van der Waals surface area contributed by atoms with Gasteiger partial charge in [-0.3, -0.25) is 19.8 Å². The third-order valence-corrected chi connectivity index (χ3v) is 11.7. The van der Waals surface area contributed by atoms with Gasteiger partial charge in [0.25, 0.3) is 0 Å². The number of amides is 1. The number of halogens is 2. The molecule has 298 valence electrons. The van der Waals surface area contributed by atoms with E-state index in [1.165, 1.54) is 17.1 Å². The highest BCUT2D eigenvalue weighted by Gasteiger charge is 2.39. The molecule has 13 heteroatoms. The van der Waals surface area contributed by atoms with Gasteiger partial charge in [0.2, 0.25) is 6.41 Å². The number of aliphatic imine (C=N–C) groups is 1. The maximum Gasteiger partial charge on any atom is 0.211 e. The fraction of sp³-hybridized carbons (Fsp3) is 0.395. The molecular formula is C43H53ClFN7O3S. The zero-order chi connectivity index (χ0) is 40.2. The lowest BCUT2D eigenvalue weighted by atomic mass is 9.93. The number of nitrogens with one attached hydrogen (secondary N) is 2. The molecule has 4 heterocycles. The number of aromatic nitrogens is 4. The van der Waals surface area contributed by atoms with Gasteiger partial charge in [0.15, 0.2) is 0 Å². The van der Waals surface area contributed by atoms with Crippen molar-refractivity contribution in [1.29, 1.82) is 0 Å². The highest BCUT2D eigenvalue weighted by molar-refractivity contribution is 7.99. The average Bonchev–Trinajstić information content (AvgIpc) is 3.76. The summed E-state index contributed by atoms with van der Waals surface area (Å²) in [6.45, 7) is 14.6. The van der Waals surface area contributed by atoms with Crippen LogP contribution >= 0.6 is 23.4 Å².